The number of aryl methyl sites for hydroxylation is 2. The molecule has 3 aromatic rings. The SMILES string of the molecule is COC(=O)[C@@H](Cc1ccc(-c2ccccc2)cc1)N(C)C(=O)c1cc(C)cc(C)c1. The van der Waals surface area contributed by atoms with Crippen LogP contribution in [-0.4, -0.2) is 37.0 Å². The number of methoxy groups -OCH3 is 1. The molecule has 1 atom stereocenters. The summed E-state index contributed by atoms with van der Waals surface area (Å²) in [6, 6.07) is 23.2. The van der Waals surface area contributed by atoms with Gasteiger partial charge in [-0.05, 0) is 42.7 Å². The van der Waals surface area contributed by atoms with Gasteiger partial charge >= 0.3 is 5.97 Å². The number of carbonyl (C=O) groups is 2. The average molecular weight is 402 g/mol. The Hall–Kier alpha value is -3.40. The number of ether oxygens (including phenoxy) is 1. The Morgan fingerprint density at radius 3 is 2.00 bits per heavy atom. The summed E-state index contributed by atoms with van der Waals surface area (Å²) in [5.41, 5.74) is 5.80. The molecule has 1 amide bonds. The number of nitrogens with zero attached hydrogens (tertiary/aromatic N) is 1. The van der Waals surface area contributed by atoms with E-state index in [1.807, 2.05) is 74.5 Å². The van der Waals surface area contributed by atoms with Gasteiger partial charge in [0.05, 0.1) is 7.11 Å². The zero-order chi connectivity index (χ0) is 21.7. The number of hydrogen-bond acceptors (Lipinski definition) is 3. The molecule has 0 aliphatic heterocycles. The van der Waals surface area contributed by atoms with Gasteiger partial charge in [0.2, 0.25) is 0 Å². The Labute approximate surface area is 178 Å². The monoisotopic (exact) mass is 401 g/mol. The first kappa shape index (κ1) is 21.3. The van der Waals surface area contributed by atoms with Crippen molar-refractivity contribution in [3.63, 3.8) is 0 Å². The van der Waals surface area contributed by atoms with Crippen molar-refractivity contribution in [2.45, 2.75) is 26.3 Å². The Bertz CT molecular complexity index is 1010. The van der Waals surface area contributed by atoms with Gasteiger partial charge in [0.1, 0.15) is 6.04 Å². The van der Waals surface area contributed by atoms with E-state index in [-0.39, 0.29) is 5.91 Å². The third-order valence-electron chi connectivity index (χ3n) is 5.22. The topological polar surface area (TPSA) is 46.6 Å². The first-order valence-electron chi connectivity index (χ1n) is 9.96. The van der Waals surface area contributed by atoms with Gasteiger partial charge in [-0.25, -0.2) is 4.79 Å². The van der Waals surface area contributed by atoms with Crippen LogP contribution in [0, 0.1) is 13.8 Å². The molecular weight excluding hydrogens is 374 g/mol. The molecule has 0 aliphatic carbocycles. The minimum absolute atomic E-state index is 0.196. The molecule has 0 saturated carbocycles. The van der Waals surface area contributed by atoms with Crippen molar-refractivity contribution in [2.24, 2.45) is 0 Å². The van der Waals surface area contributed by atoms with E-state index in [2.05, 4.69) is 12.1 Å². The molecule has 0 bridgehead atoms. The lowest BCUT2D eigenvalue weighted by Gasteiger charge is -2.26. The fraction of sp³-hybridized carbons (Fsp3) is 0.231. The highest BCUT2D eigenvalue weighted by atomic mass is 16.5. The molecule has 0 radical (unpaired) electrons. The standard InChI is InChI=1S/C26H27NO3/c1-18-14-19(2)16-23(15-18)25(28)27(3)24(26(29)30-4)17-20-10-12-22(13-11-20)21-8-6-5-7-9-21/h5-16,24H,17H2,1-4H3/t24-/m1/s1. The summed E-state index contributed by atoms with van der Waals surface area (Å²) in [5, 5.41) is 0. The fourth-order valence-electron chi connectivity index (χ4n) is 3.64. The van der Waals surface area contributed by atoms with Gasteiger partial charge in [-0.2, -0.15) is 0 Å². The Kier molecular flexibility index (Phi) is 6.68. The lowest BCUT2D eigenvalue weighted by Crippen LogP contribution is -2.44. The summed E-state index contributed by atoms with van der Waals surface area (Å²) in [6.45, 7) is 3.91. The quantitative estimate of drug-likeness (QED) is 0.556. The minimum Gasteiger partial charge on any atom is -0.467 e. The second-order valence-electron chi connectivity index (χ2n) is 7.60. The number of esters is 1. The molecule has 0 unspecified atom stereocenters. The van der Waals surface area contributed by atoms with Gasteiger partial charge in [0.25, 0.3) is 5.91 Å². The number of benzene rings is 3. The van der Waals surface area contributed by atoms with Crippen LogP contribution in [0.4, 0.5) is 0 Å². The molecule has 4 heteroatoms. The highest BCUT2D eigenvalue weighted by molar-refractivity contribution is 5.97. The highest BCUT2D eigenvalue weighted by Gasteiger charge is 2.29. The predicted molar refractivity (Wildman–Crippen MR) is 119 cm³/mol. The summed E-state index contributed by atoms with van der Waals surface area (Å²) in [5.74, 6) is -0.625. The molecule has 0 N–H and O–H groups in total. The molecule has 0 aliphatic rings. The number of likely N-dealkylation sites (N-methyl/N-ethyl adjacent to an activating group) is 1. The van der Waals surface area contributed by atoms with E-state index < -0.39 is 12.0 Å². The smallest absolute Gasteiger partial charge is 0.328 e. The molecular formula is C26H27NO3. The molecule has 0 heterocycles. The van der Waals surface area contributed by atoms with Crippen LogP contribution in [0.2, 0.25) is 0 Å². The largest absolute Gasteiger partial charge is 0.467 e. The average Bonchev–Trinajstić information content (AvgIpc) is 2.76. The zero-order valence-corrected chi connectivity index (χ0v) is 17.9. The third-order valence-corrected chi connectivity index (χ3v) is 5.22. The number of rotatable bonds is 6. The first-order valence-corrected chi connectivity index (χ1v) is 9.96. The van der Waals surface area contributed by atoms with E-state index in [0.717, 1.165) is 27.8 Å². The molecule has 3 rings (SSSR count). The van der Waals surface area contributed by atoms with Crippen molar-refractivity contribution in [1.82, 2.24) is 4.90 Å². The number of hydrogen-bond donors (Lipinski definition) is 0. The Morgan fingerprint density at radius 1 is 0.867 bits per heavy atom. The van der Waals surface area contributed by atoms with Crippen molar-refractivity contribution in [3.8, 4) is 11.1 Å². The van der Waals surface area contributed by atoms with Crippen molar-refractivity contribution in [2.75, 3.05) is 14.2 Å². The lowest BCUT2D eigenvalue weighted by molar-refractivity contribution is -0.145. The summed E-state index contributed by atoms with van der Waals surface area (Å²) in [4.78, 5) is 27.0. The number of amides is 1. The lowest BCUT2D eigenvalue weighted by atomic mass is 9.99. The molecule has 0 aromatic heterocycles. The molecule has 4 nitrogen and oxygen atoms in total. The van der Waals surface area contributed by atoms with Crippen molar-refractivity contribution >= 4 is 11.9 Å². The van der Waals surface area contributed by atoms with Crippen LogP contribution in [0.25, 0.3) is 11.1 Å². The summed E-state index contributed by atoms with van der Waals surface area (Å²) < 4.78 is 5.00. The van der Waals surface area contributed by atoms with Gasteiger partial charge in [0, 0.05) is 19.0 Å². The van der Waals surface area contributed by atoms with Gasteiger partial charge in [0.15, 0.2) is 0 Å². The van der Waals surface area contributed by atoms with E-state index in [0.29, 0.717) is 12.0 Å². The van der Waals surface area contributed by atoms with Crippen molar-refractivity contribution in [1.29, 1.82) is 0 Å². The van der Waals surface area contributed by atoms with Gasteiger partial charge in [-0.1, -0.05) is 71.8 Å². The maximum absolute atomic E-state index is 13.1. The first-order chi connectivity index (χ1) is 14.4. The van der Waals surface area contributed by atoms with E-state index >= 15 is 0 Å². The van der Waals surface area contributed by atoms with Gasteiger partial charge < -0.3 is 9.64 Å². The van der Waals surface area contributed by atoms with Crippen molar-refractivity contribution in [3.05, 3.63) is 95.1 Å². The van der Waals surface area contributed by atoms with Crippen LogP contribution < -0.4 is 0 Å². The number of carbonyl (C=O) groups excluding carboxylic acids is 2. The third kappa shape index (κ3) is 4.95. The highest BCUT2D eigenvalue weighted by Crippen LogP contribution is 2.21. The Balaban J connectivity index is 1.82. The molecule has 30 heavy (non-hydrogen) atoms. The summed E-state index contributed by atoms with van der Waals surface area (Å²) in [7, 11) is 3.00. The van der Waals surface area contributed by atoms with E-state index in [4.69, 9.17) is 4.74 Å². The second-order valence-corrected chi connectivity index (χ2v) is 7.60. The molecule has 0 spiro atoms. The summed E-state index contributed by atoms with van der Waals surface area (Å²) >= 11 is 0. The second kappa shape index (κ2) is 9.40. The zero-order valence-electron chi connectivity index (χ0n) is 17.9. The van der Waals surface area contributed by atoms with Crippen LogP contribution in [0.15, 0.2) is 72.8 Å². The maximum atomic E-state index is 13.1. The van der Waals surface area contributed by atoms with Crippen LogP contribution in [-0.2, 0) is 16.0 Å². The maximum Gasteiger partial charge on any atom is 0.328 e. The Morgan fingerprint density at radius 2 is 1.43 bits per heavy atom. The minimum atomic E-state index is -0.703. The van der Waals surface area contributed by atoms with E-state index in [9.17, 15) is 9.59 Å². The molecule has 3 aromatic carbocycles. The molecule has 0 saturated heterocycles. The van der Waals surface area contributed by atoms with Crippen LogP contribution in [0.1, 0.15) is 27.0 Å². The summed E-state index contributed by atoms with van der Waals surface area (Å²) in [6.07, 6.45) is 0.384. The molecule has 154 valence electrons. The van der Waals surface area contributed by atoms with Gasteiger partial charge in [-0.3, -0.25) is 4.79 Å². The fourth-order valence-corrected chi connectivity index (χ4v) is 3.64. The van der Waals surface area contributed by atoms with Crippen LogP contribution >= 0.6 is 0 Å². The van der Waals surface area contributed by atoms with E-state index in [1.165, 1.54) is 12.0 Å². The van der Waals surface area contributed by atoms with E-state index in [1.54, 1.807) is 7.05 Å². The normalized spacial score (nSPS) is 11.6. The van der Waals surface area contributed by atoms with Crippen molar-refractivity contribution < 1.29 is 14.3 Å². The molecule has 0 fully saturated rings. The van der Waals surface area contributed by atoms with Gasteiger partial charge in [-0.15, -0.1) is 0 Å². The van der Waals surface area contributed by atoms with Crippen LogP contribution in [0.5, 0.6) is 0 Å². The van der Waals surface area contributed by atoms with Crippen LogP contribution in [0.3, 0.4) is 0 Å². The predicted octanol–water partition coefficient (Wildman–Crippen LogP) is 4.83.